The Labute approximate surface area is 157 Å². The van der Waals surface area contributed by atoms with Gasteiger partial charge in [0.15, 0.2) is 10.9 Å². The summed E-state index contributed by atoms with van der Waals surface area (Å²) in [6.45, 7) is 4.60. The zero-order chi connectivity index (χ0) is 18.5. The van der Waals surface area contributed by atoms with Crippen LogP contribution in [-0.2, 0) is 13.2 Å². The lowest BCUT2D eigenvalue weighted by molar-refractivity contribution is 0.102. The summed E-state index contributed by atoms with van der Waals surface area (Å²) in [7, 11) is 0. The molecule has 0 aliphatic heterocycles. The third-order valence-corrected chi connectivity index (χ3v) is 5.18. The van der Waals surface area contributed by atoms with E-state index in [1.807, 2.05) is 41.8 Å². The molecule has 0 radical (unpaired) electrons. The fourth-order valence-corrected chi connectivity index (χ4v) is 3.64. The highest BCUT2D eigenvalue weighted by Crippen LogP contribution is 2.22. The first-order chi connectivity index (χ1) is 12.6. The zero-order valence-electron chi connectivity index (χ0n) is 15.0. The highest BCUT2D eigenvalue weighted by Gasteiger charge is 2.13. The van der Waals surface area contributed by atoms with Crippen molar-refractivity contribution in [1.82, 2.24) is 9.55 Å². The number of hydrogen-bond donors (Lipinski definition) is 1. The average molecular weight is 366 g/mol. The van der Waals surface area contributed by atoms with Gasteiger partial charge in [0, 0.05) is 12.1 Å². The van der Waals surface area contributed by atoms with E-state index in [0.717, 1.165) is 22.0 Å². The molecule has 1 heterocycles. The maximum Gasteiger partial charge on any atom is 0.173 e. The van der Waals surface area contributed by atoms with Crippen LogP contribution in [-0.4, -0.2) is 26.2 Å². The second kappa shape index (κ2) is 8.34. The number of carbonyl (C=O) groups is 1. The van der Waals surface area contributed by atoms with Crippen LogP contribution in [0.15, 0.2) is 59.9 Å². The van der Waals surface area contributed by atoms with Crippen LogP contribution in [0.1, 0.15) is 32.7 Å². The molecule has 1 aromatic heterocycles. The molecule has 134 valence electrons. The molecule has 2 aromatic carbocycles. The monoisotopic (exact) mass is 366 g/mol. The topological polar surface area (TPSA) is 55.1 Å². The number of rotatable bonds is 7. The molecule has 0 fully saturated rings. The van der Waals surface area contributed by atoms with E-state index in [0.29, 0.717) is 17.9 Å². The number of nitrogens with zero attached hydrogens (tertiary/aromatic N) is 2. The average Bonchev–Trinajstić information content (AvgIpc) is 3.02. The van der Waals surface area contributed by atoms with Crippen LogP contribution in [0.3, 0.4) is 0 Å². The van der Waals surface area contributed by atoms with E-state index in [-0.39, 0.29) is 12.4 Å². The van der Waals surface area contributed by atoms with Crippen LogP contribution in [0.5, 0.6) is 0 Å². The molecule has 3 aromatic rings. The highest BCUT2D eigenvalue weighted by atomic mass is 32.2. The Hall–Kier alpha value is -2.37. The predicted molar refractivity (Wildman–Crippen MR) is 105 cm³/mol. The SMILES string of the molecule is Cc1ccc(C(=O)CSc2ncc(CO)n2Cc2cccc(C)c2)cc1. The first-order valence-corrected chi connectivity index (χ1v) is 9.49. The van der Waals surface area contributed by atoms with Gasteiger partial charge in [-0.1, -0.05) is 71.4 Å². The number of aryl methyl sites for hydroxylation is 2. The molecule has 0 saturated carbocycles. The summed E-state index contributed by atoms with van der Waals surface area (Å²) in [5.41, 5.74) is 4.93. The van der Waals surface area contributed by atoms with Gasteiger partial charge in [-0.05, 0) is 19.4 Å². The second-order valence-corrected chi connectivity index (χ2v) is 7.29. The number of aliphatic hydroxyl groups excluding tert-OH is 1. The summed E-state index contributed by atoms with van der Waals surface area (Å²) in [4.78, 5) is 16.8. The van der Waals surface area contributed by atoms with Crippen molar-refractivity contribution in [3.05, 3.63) is 82.7 Å². The molecule has 0 spiro atoms. The van der Waals surface area contributed by atoms with Crippen LogP contribution in [0, 0.1) is 13.8 Å². The van der Waals surface area contributed by atoms with E-state index < -0.39 is 0 Å². The van der Waals surface area contributed by atoms with Crippen molar-refractivity contribution in [1.29, 1.82) is 0 Å². The molecule has 0 aliphatic carbocycles. The molecule has 0 aliphatic rings. The number of Topliss-reactive ketones (excluding diaryl/α,β-unsaturated/α-hetero) is 1. The van der Waals surface area contributed by atoms with Crippen molar-refractivity contribution in [3.8, 4) is 0 Å². The number of aliphatic hydroxyl groups is 1. The van der Waals surface area contributed by atoms with Gasteiger partial charge in [-0.3, -0.25) is 4.79 Å². The van der Waals surface area contributed by atoms with Gasteiger partial charge < -0.3 is 9.67 Å². The van der Waals surface area contributed by atoms with Crippen molar-refractivity contribution >= 4 is 17.5 Å². The molecule has 4 nitrogen and oxygen atoms in total. The van der Waals surface area contributed by atoms with Crippen LogP contribution in [0.25, 0.3) is 0 Å². The minimum Gasteiger partial charge on any atom is -0.390 e. The maximum absolute atomic E-state index is 12.4. The van der Waals surface area contributed by atoms with Gasteiger partial charge in [0.1, 0.15) is 0 Å². The van der Waals surface area contributed by atoms with Gasteiger partial charge in [-0.25, -0.2) is 4.98 Å². The Kier molecular flexibility index (Phi) is 5.91. The number of thioether (sulfide) groups is 1. The molecule has 0 amide bonds. The summed E-state index contributed by atoms with van der Waals surface area (Å²) < 4.78 is 1.97. The van der Waals surface area contributed by atoms with Crippen molar-refractivity contribution < 1.29 is 9.90 Å². The lowest BCUT2D eigenvalue weighted by Crippen LogP contribution is -2.08. The molecular formula is C21H22N2O2S. The molecule has 0 atom stereocenters. The molecule has 1 N–H and O–H groups in total. The van der Waals surface area contributed by atoms with Gasteiger partial charge in [-0.2, -0.15) is 0 Å². The van der Waals surface area contributed by atoms with E-state index in [1.54, 1.807) is 6.20 Å². The Bertz CT molecular complexity index is 901. The number of hydrogen-bond acceptors (Lipinski definition) is 4. The molecule has 0 unspecified atom stereocenters. The Morgan fingerprint density at radius 1 is 1.12 bits per heavy atom. The molecule has 5 heteroatoms. The first-order valence-electron chi connectivity index (χ1n) is 8.50. The lowest BCUT2D eigenvalue weighted by atomic mass is 10.1. The normalized spacial score (nSPS) is 10.9. The summed E-state index contributed by atoms with van der Waals surface area (Å²) >= 11 is 1.41. The molecule has 26 heavy (non-hydrogen) atoms. The van der Waals surface area contributed by atoms with Crippen LogP contribution in [0.4, 0.5) is 0 Å². The number of benzene rings is 2. The van der Waals surface area contributed by atoms with E-state index >= 15 is 0 Å². The van der Waals surface area contributed by atoms with Gasteiger partial charge in [0.2, 0.25) is 0 Å². The molecule has 0 saturated heterocycles. The quantitative estimate of drug-likeness (QED) is 0.507. The highest BCUT2D eigenvalue weighted by molar-refractivity contribution is 7.99. The molecule has 0 bridgehead atoms. The maximum atomic E-state index is 12.4. The standard InChI is InChI=1S/C21H22N2O2S/c1-15-6-8-18(9-7-15)20(25)14-26-21-22-11-19(13-24)23(21)12-17-5-3-4-16(2)10-17/h3-11,24H,12-14H2,1-2H3. The number of ketones is 1. The molecule has 3 rings (SSSR count). The third-order valence-electron chi connectivity index (χ3n) is 4.19. The van der Waals surface area contributed by atoms with E-state index in [9.17, 15) is 9.90 Å². The second-order valence-electron chi connectivity index (χ2n) is 6.34. The Morgan fingerprint density at radius 2 is 1.88 bits per heavy atom. The van der Waals surface area contributed by atoms with Gasteiger partial charge >= 0.3 is 0 Å². The minimum absolute atomic E-state index is 0.0747. The van der Waals surface area contributed by atoms with Crippen molar-refractivity contribution in [3.63, 3.8) is 0 Å². The Balaban J connectivity index is 1.74. The van der Waals surface area contributed by atoms with Gasteiger partial charge in [0.25, 0.3) is 0 Å². The summed E-state index contributed by atoms with van der Waals surface area (Å²) in [5, 5.41) is 10.4. The fraction of sp³-hybridized carbons (Fsp3) is 0.238. The van der Waals surface area contributed by atoms with E-state index in [2.05, 4.69) is 30.1 Å². The number of carbonyl (C=O) groups excluding carboxylic acids is 1. The lowest BCUT2D eigenvalue weighted by Gasteiger charge is -2.11. The van der Waals surface area contributed by atoms with Gasteiger partial charge in [0.05, 0.1) is 24.3 Å². The van der Waals surface area contributed by atoms with Crippen molar-refractivity contribution in [2.24, 2.45) is 0 Å². The van der Waals surface area contributed by atoms with E-state index in [4.69, 9.17) is 0 Å². The van der Waals surface area contributed by atoms with Gasteiger partial charge in [-0.15, -0.1) is 0 Å². The summed E-state index contributed by atoms with van der Waals surface area (Å²) in [6, 6.07) is 15.9. The van der Waals surface area contributed by atoms with Crippen LogP contribution in [0.2, 0.25) is 0 Å². The summed E-state index contributed by atoms with van der Waals surface area (Å²) in [6.07, 6.45) is 1.68. The predicted octanol–water partition coefficient (Wildman–Crippen LogP) is 4.02. The van der Waals surface area contributed by atoms with E-state index in [1.165, 1.54) is 17.3 Å². The first kappa shape index (κ1) is 18.4. The zero-order valence-corrected chi connectivity index (χ0v) is 15.8. The number of aromatic nitrogens is 2. The summed E-state index contributed by atoms with van der Waals surface area (Å²) in [5.74, 6) is 0.393. The van der Waals surface area contributed by atoms with Crippen LogP contribution >= 0.6 is 11.8 Å². The van der Waals surface area contributed by atoms with Crippen molar-refractivity contribution in [2.45, 2.75) is 32.2 Å². The largest absolute Gasteiger partial charge is 0.390 e. The third kappa shape index (κ3) is 4.42. The number of imidazole rings is 1. The van der Waals surface area contributed by atoms with Crippen LogP contribution < -0.4 is 0 Å². The van der Waals surface area contributed by atoms with Crippen molar-refractivity contribution in [2.75, 3.05) is 5.75 Å². The fourth-order valence-electron chi connectivity index (χ4n) is 2.75. The Morgan fingerprint density at radius 3 is 2.58 bits per heavy atom. The molecular weight excluding hydrogens is 344 g/mol. The smallest absolute Gasteiger partial charge is 0.173 e. The minimum atomic E-state index is -0.0781.